The van der Waals surface area contributed by atoms with Gasteiger partial charge in [-0.25, -0.2) is 18.7 Å². The molecule has 2 aliphatic rings. The number of carbonyl (C=O) groups is 2. The van der Waals surface area contributed by atoms with Crippen LogP contribution >= 0.6 is 11.6 Å². The van der Waals surface area contributed by atoms with Crippen molar-refractivity contribution in [3.63, 3.8) is 0 Å². The number of fused-ring (bicyclic) bond motifs is 1. The molecule has 294 valence electrons. The number of alkyl halides is 4. The first-order valence-corrected chi connectivity index (χ1v) is 17.9. The molecule has 20 heteroatoms. The van der Waals surface area contributed by atoms with E-state index in [0.29, 0.717) is 17.3 Å². The summed E-state index contributed by atoms with van der Waals surface area (Å²) < 4.78 is 70.9. The highest BCUT2D eigenvalue weighted by molar-refractivity contribution is 6.33. The average Bonchev–Trinajstić information content (AvgIpc) is 3.60. The van der Waals surface area contributed by atoms with E-state index in [-0.39, 0.29) is 103 Å². The maximum Gasteiger partial charge on any atom is 0.416 e. The van der Waals surface area contributed by atoms with Crippen LogP contribution in [0.3, 0.4) is 0 Å². The zero-order chi connectivity index (χ0) is 40.1. The van der Waals surface area contributed by atoms with Gasteiger partial charge in [0.2, 0.25) is 11.7 Å². The number of benzene rings is 2. The maximum atomic E-state index is 15.3. The fourth-order valence-electron chi connectivity index (χ4n) is 6.78. The minimum absolute atomic E-state index is 0.0326. The monoisotopic (exact) mass is 800 g/mol. The Kier molecular flexibility index (Phi) is 10.4. The van der Waals surface area contributed by atoms with Crippen molar-refractivity contribution in [2.75, 3.05) is 49.5 Å². The van der Waals surface area contributed by atoms with Crippen LogP contribution in [0.1, 0.15) is 39.9 Å². The molecule has 2 amide bonds. The Morgan fingerprint density at radius 3 is 2.43 bits per heavy atom. The van der Waals surface area contributed by atoms with Crippen LogP contribution in [0.4, 0.5) is 33.3 Å². The highest BCUT2D eigenvalue weighted by Crippen LogP contribution is 2.34. The van der Waals surface area contributed by atoms with Crippen molar-refractivity contribution < 1.29 is 36.6 Å². The number of carbonyl (C=O) groups excluding carboxylic acids is 2. The van der Waals surface area contributed by atoms with Gasteiger partial charge in [0, 0.05) is 56.9 Å². The molecule has 2 fully saturated rings. The minimum atomic E-state index is -4.65. The van der Waals surface area contributed by atoms with Gasteiger partial charge in [-0.3, -0.25) is 19.3 Å². The van der Waals surface area contributed by atoms with Crippen LogP contribution in [0.15, 0.2) is 47.5 Å². The Hall–Kier alpha value is -5.69. The predicted molar refractivity (Wildman–Crippen MR) is 194 cm³/mol. The highest BCUT2D eigenvalue weighted by atomic mass is 35.5. The summed E-state index contributed by atoms with van der Waals surface area (Å²) in [4.78, 5) is 58.6. The van der Waals surface area contributed by atoms with Gasteiger partial charge in [-0.05, 0) is 37.6 Å². The van der Waals surface area contributed by atoms with Crippen LogP contribution in [0.5, 0.6) is 5.75 Å². The Bertz CT molecular complexity index is 2410. The maximum absolute atomic E-state index is 15.3. The first kappa shape index (κ1) is 38.6. The molecule has 5 heterocycles. The van der Waals surface area contributed by atoms with E-state index in [0.717, 1.165) is 16.6 Å². The molecule has 0 unspecified atom stereocenters. The number of hydrogen-bond acceptors (Lipinski definition) is 10. The van der Waals surface area contributed by atoms with Crippen LogP contribution in [0, 0.1) is 12.7 Å². The summed E-state index contributed by atoms with van der Waals surface area (Å²) in [6.07, 6.45) is -4.23. The standard InChI is InChI=1S/C36H34ClF5N10O4/c1-3-27-30(49-8-10-50(11-9-49)33(55)29-31(54)19(2)43-18-44-29)34(56)52-35(51(27)17-28(53)45-26-7-6-22(13-24(26)37)36(40,41)42)46-32(47-52)20-4-5-21(25(39)12-20)14-48-15-23(38)16-48/h4-7,12-13,18,23,54H,3,8-11,14-17H2,1-2H3,(H,45,53). The van der Waals surface area contributed by atoms with Gasteiger partial charge in [-0.1, -0.05) is 30.7 Å². The Balaban J connectivity index is 1.24. The van der Waals surface area contributed by atoms with E-state index in [4.69, 9.17) is 11.6 Å². The van der Waals surface area contributed by atoms with E-state index < -0.39 is 47.6 Å². The molecule has 2 aliphatic heterocycles. The topological polar surface area (TPSA) is 154 Å². The largest absolute Gasteiger partial charge is 0.504 e. The van der Waals surface area contributed by atoms with Crippen molar-refractivity contribution in [2.24, 2.45) is 0 Å². The number of anilines is 2. The molecule has 3 aromatic heterocycles. The summed E-state index contributed by atoms with van der Waals surface area (Å²) >= 11 is 6.12. The second-order valence-electron chi connectivity index (χ2n) is 13.5. The SMILES string of the molecule is CCc1c(N2CCN(C(=O)c3ncnc(C)c3O)CC2)c(=O)n2nc(-c3ccc(CN4CC(F)C4)c(F)c3)nc2n1CC(=O)Nc1ccc(C(F)(F)F)cc1Cl. The molecule has 0 atom stereocenters. The molecule has 0 radical (unpaired) electrons. The quantitative estimate of drug-likeness (QED) is 0.204. The molecule has 56 heavy (non-hydrogen) atoms. The molecule has 2 saturated heterocycles. The van der Waals surface area contributed by atoms with Crippen molar-refractivity contribution in [1.29, 1.82) is 0 Å². The number of rotatable bonds is 9. The number of aromatic hydroxyl groups is 1. The van der Waals surface area contributed by atoms with Gasteiger partial charge in [-0.15, -0.1) is 5.10 Å². The lowest BCUT2D eigenvalue weighted by Crippen LogP contribution is -2.51. The van der Waals surface area contributed by atoms with E-state index in [9.17, 15) is 37.1 Å². The third kappa shape index (κ3) is 7.47. The molecule has 0 saturated carbocycles. The number of piperazine rings is 1. The van der Waals surface area contributed by atoms with Gasteiger partial charge in [0.25, 0.3) is 11.5 Å². The van der Waals surface area contributed by atoms with Crippen molar-refractivity contribution in [1.82, 2.24) is 38.9 Å². The molecule has 7 rings (SSSR count). The molecule has 2 aromatic carbocycles. The second-order valence-corrected chi connectivity index (χ2v) is 13.9. The van der Waals surface area contributed by atoms with Crippen LogP contribution < -0.4 is 15.8 Å². The summed E-state index contributed by atoms with van der Waals surface area (Å²) in [5.74, 6) is -2.25. The molecule has 0 spiro atoms. The van der Waals surface area contributed by atoms with Crippen molar-refractivity contribution in [2.45, 2.75) is 45.7 Å². The number of hydrogen-bond donors (Lipinski definition) is 2. The third-order valence-electron chi connectivity index (χ3n) is 9.74. The van der Waals surface area contributed by atoms with Gasteiger partial charge < -0.3 is 24.8 Å². The number of nitrogens with one attached hydrogen (secondary N) is 1. The zero-order valence-electron chi connectivity index (χ0n) is 29.9. The van der Waals surface area contributed by atoms with Crippen LogP contribution in [0.2, 0.25) is 5.02 Å². The minimum Gasteiger partial charge on any atom is -0.504 e. The van der Waals surface area contributed by atoms with E-state index in [1.807, 2.05) is 0 Å². The smallest absolute Gasteiger partial charge is 0.416 e. The van der Waals surface area contributed by atoms with Gasteiger partial charge in [-0.2, -0.15) is 22.7 Å². The predicted octanol–water partition coefficient (Wildman–Crippen LogP) is 4.49. The van der Waals surface area contributed by atoms with Gasteiger partial charge in [0.15, 0.2) is 17.3 Å². The highest BCUT2D eigenvalue weighted by Gasteiger charge is 2.33. The van der Waals surface area contributed by atoms with Crippen LogP contribution in [-0.4, -0.2) is 101 Å². The number of amides is 2. The molecule has 2 N–H and O–H groups in total. The normalized spacial score (nSPS) is 15.4. The van der Waals surface area contributed by atoms with Crippen molar-refractivity contribution in [3.05, 3.63) is 92.1 Å². The zero-order valence-corrected chi connectivity index (χ0v) is 30.7. The van der Waals surface area contributed by atoms with E-state index in [1.54, 1.807) is 22.8 Å². The second kappa shape index (κ2) is 15.1. The molecular formula is C36H34ClF5N10O4. The Morgan fingerprint density at radius 1 is 1.05 bits per heavy atom. The summed E-state index contributed by atoms with van der Waals surface area (Å²) in [6, 6.07) is 6.82. The number of aryl methyl sites for hydroxylation is 1. The van der Waals surface area contributed by atoms with E-state index in [2.05, 4.69) is 25.4 Å². The lowest BCUT2D eigenvalue weighted by atomic mass is 10.1. The number of likely N-dealkylation sites (tertiary alicyclic amines) is 1. The lowest BCUT2D eigenvalue weighted by Gasteiger charge is -2.36. The van der Waals surface area contributed by atoms with Gasteiger partial charge >= 0.3 is 6.18 Å². The Labute approximate surface area is 320 Å². The summed E-state index contributed by atoms with van der Waals surface area (Å²) in [5, 5.41) is 17.0. The first-order valence-electron chi connectivity index (χ1n) is 17.5. The summed E-state index contributed by atoms with van der Waals surface area (Å²) in [5.41, 5.74) is -0.516. The fraction of sp³-hybridized carbons (Fsp3) is 0.361. The third-order valence-corrected chi connectivity index (χ3v) is 10.1. The molecule has 5 aromatic rings. The average molecular weight is 801 g/mol. The molecular weight excluding hydrogens is 767 g/mol. The lowest BCUT2D eigenvalue weighted by molar-refractivity contribution is -0.137. The van der Waals surface area contributed by atoms with E-state index in [1.165, 1.54) is 34.9 Å². The fourth-order valence-corrected chi connectivity index (χ4v) is 7.00. The number of halogens is 6. The van der Waals surface area contributed by atoms with Gasteiger partial charge in [0.05, 0.1) is 27.7 Å². The number of nitrogens with zero attached hydrogens (tertiary/aromatic N) is 9. The van der Waals surface area contributed by atoms with E-state index >= 15 is 4.39 Å². The van der Waals surface area contributed by atoms with Gasteiger partial charge in [0.1, 0.15) is 30.5 Å². The summed E-state index contributed by atoms with van der Waals surface area (Å²) in [7, 11) is 0. The van der Waals surface area contributed by atoms with Crippen molar-refractivity contribution in [3.8, 4) is 17.1 Å². The molecule has 14 nitrogen and oxygen atoms in total. The van der Waals surface area contributed by atoms with Crippen LogP contribution in [-0.2, 0) is 30.5 Å². The number of aromatic nitrogens is 6. The first-order chi connectivity index (χ1) is 26.6. The molecule has 0 aliphatic carbocycles. The Morgan fingerprint density at radius 2 is 1.79 bits per heavy atom. The van der Waals surface area contributed by atoms with Crippen LogP contribution in [0.25, 0.3) is 17.2 Å². The van der Waals surface area contributed by atoms with Crippen molar-refractivity contribution >= 4 is 40.6 Å². The molecule has 0 bridgehead atoms. The summed E-state index contributed by atoms with van der Waals surface area (Å²) in [6.45, 7) is 4.00.